The van der Waals surface area contributed by atoms with Crippen LogP contribution in [0.15, 0.2) is 36.7 Å². The molecule has 3 aromatic rings. The molecule has 3 heterocycles. The molecule has 5 rings (SSSR count). The van der Waals surface area contributed by atoms with Crippen LogP contribution in [-0.4, -0.2) is 66.1 Å². The third-order valence-corrected chi connectivity index (χ3v) is 7.47. The van der Waals surface area contributed by atoms with E-state index in [2.05, 4.69) is 25.5 Å². The van der Waals surface area contributed by atoms with Crippen molar-refractivity contribution in [3.8, 4) is 11.5 Å². The van der Waals surface area contributed by atoms with Crippen LogP contribution in [0.4, 0.5) is 15.9 Å². The number of anilines is 2. The van der Waals surface area contributed by atoms with Gasteiger partial charge in [-0.05, 0) is 68.5 Å². The van der Waals surface area contributed by atoms with Crippen LogP contribution < -0.4 is 20.1 Å². The second kappa shape index (κ2) is 10.7. The van der Waals surface area contributed by atoms with Gasteiger partial charge in [0.25, 0.3) is 0 Å². The van der Waals surface area contributed by atoms with Crippen molar-refractivity contribution in [2.45, 2.75) is 31.9 Å². The Morgan fingerprint density at radius 2 is 2.06 bits per heavy atom. The molecule has 1 aromatic heterocycles. The highest BCUT2D eigenvalue weighted by atomic mass is 35.5. The molecule has 0 aliphatic carbocycles. The molecule has 1 atom stereocenters. The monoisotopic (exact) mass is 515 g/mol. The zero-order valence-electron chi connectivity index (χ0n) is 20.3. The number of ether oxygens (including phenoxy) is 2. The van der Waals surface area contributed by atoms with Crippen LogP contribution in [0.25, 0.3) is 10.9 Å². The number of fused-ring (bicyclic) bond motifs is 1. The molecule has 1 unspecified atom stereocenters. The van der Waals surface area contributed by atoms with Gasteiger partial charge in [-0.2, -0.15) is 0 Å². The summed E-state index contributed by atoms with van der Waals surface area (Å²) in [7, 11) is 1.59. The molecular formula is C26H31ClFN5O3. The number of hydrogen-bond donors (Lipinski definition) is 3. The normalized spacial score (nSPS) is 19.6. The average molecular weight is 516 g/mol. The largest absolute Gasteiger partial charge is 0.493 e. The van der Waals surface area contributed by atoms with E-state index in [-0.39, 0.29) is 17.3 Å². The second-order valence-corrected chi connectivity index (χ2v) is 10.1. The average Bonchev–Trinajstić information content (AvgIpc) is 3.24. The number of hydrogen-bond acceptors (Lipinski definition) is 8. The van der Waals surface area contributed by atoms with Gasteiger partial charge < -0.3 is 24.8 Å². The number of likely N-dealkylation sites (tertiary alicyclic amines) is 1. The number of aliphatic hydroxyl groups excluding tert-OH is 1. The number of aliphatic hydroxyl groups is 1. The minimum absolute atomic E-state index is 0.229. The third kappa shape index (κ3) is 5.49. The lowest BCUT2D eigenvalue weighted by molar-refractivity contribution is 0.0901. The number of piperidine rings is 1. The number of methoxy groups -OCH3 is 1. The molecule has 192 valence electrons. The first kappa shape index (κ1) is 25.0. The molecule has 8 nitrogen and oxygen atoms in total. The van der Waals surface area contributed by atoms with E-state index in [9.17, 15) is 9.50 Å². The van der Waals surface area contributed by atoms with Crippen LogP contribution in [0.2, 0.25) is 5.02 Å². The van der Waals surface area contributed by atoms with Crippen molar-refractivity contribution < 1.29 is 19.0 Å². The molecule has 0 bridgehead atoms. The summed E-state index contributed by atoms with van der Waals surface area (Å²) >= 11 is 6.04. The SMILES string of the molecule is COc1cc2ncnc(Nc3cc(Cl)ccc3F)c2cc1OCCCN1CCC2(CC1)CNC(O)C2. The first-order valence-corrected chi connectivity index (χ1v) is 12.6. The van der Waals surface area contributed by atoms with Gasteiger partial charge in [-0.3, -0.25) is 5.32 Å². The van der Waals surface area contributed by atoms with E-state index in [4.69, 9.17) is 21.1 Å². The summed E-state index contributed by atoms with van der Waals surface area (Å²) < 4.78 is 25.9. The Morgan fingerprint density at radius 3 is 2.81 bits per heavy atom. The molecule has 0 radical (unpaired) electrons. The molecule has 36 heavy (non-hydrogen) atoms. The van der Waals surface area contributed by atoms with Gasteiger partial charge in [0.15, 0.2) is 11.5 Å². The minimum Gasteiger partial charge on any atom is -0.493 e. The summed E-state index contributed by atoms with van der Waals surface area (Å²) in [6.45, 7) is 4.48. The van der Waals surface area contributed by atoms with E-state index in [0.717, 1.165) is 51.9 Å². The van der Waals surface area contributed by atoms with Gasteiger partial charge in [-0.15, -0.1) is 0 Å². The quantitative estimate of drug-likeness (QED) is 0.382. The Labute approximate surface area is 214 Å². The highest BCUT2D eigenvalue weighted by molar-refractivity contribution is 6.30. The van der Waals surface area contributed by atoms with Crippen molar-refractivity contribution in [1.29, 1.82) is 0 Å². The molecule has 10 heteroatoms. The lowest BCUT2D eigenvalue weighted by Gasteiger charge is -2.38. The topological polar surface area (TPSA) is 91.8 Å². The van der Waals surface area contributed by atoms with Gasteiger partial charge >= 0.3 is 0 Å². The summed E-state index contributed by atoms with van der Waals surface area (Å²) in [6.07, 6.45) is 5.01. The number of rotatable bonds is 8. The van der Waals surface area contributed by atoms with Crippen LogP contribution in [-0.2, 0) is 0 Å². The molecule has 2 fully saturated rings. The Morgan fingerprint density at radius 1 is 1.22 bits per heavy atom. The van der Waals surface area contributed by atoms with Crippen molar-refractivity contribution in [3.63, 3.8) is 0 Å². The van der Waals surface area contributed by atoms with Crippen molar-refractivity contribution >= 4 is 34.0 Å². The molecule has 2 aliphatic heterocycles. The molecule has 0 amide bonds. The van der Waals surface area contributed by atoms with Gasteiger partial charge in [0, 0.05) is 29.6 Å². The molecule has 2 aliphatic rings. The van der Waals surface area contributed by atoms with Crippen molar-refractivity contribution in [2.75, 3.05) is 45.2 Å². The van der Waals surface area contributed by atoms with Gasteiger partial charge in [0.2, 0.25) is 0 Å². The van der Waals surface area contributed by atoms with E-state index in [1.54, 1.807) is 13.2 Å². The fraction of sp³-hybridized carbons (Fsp3) is 0.462. The van der Waals surface area contributed by atoms with Crippen LogP contribution in [0, 0.1) is 11.2 Å². The number of halogens is 2. The molecule has 2 saturated heterocycles. The summed E-state index contributed by atoms with van der Waals surface area (Å²) in [5.74, 6) is 1.17. The predicted octanol–water partition coefficient (Wildman–Crippen LogP) is 4.34. The fourth-order valence-corrected chi connectivity index (χ4v) is 5.32. The molecule has 1 spiro atoms. The van der Waals surface area contributed by atoms with Crippen LogP contribution in [0.3, 0.4) is 0 Å². The molecular weight excluding hydrogens is 485 g/mol. The Hall–Kier alpha value is -2.72. The van der Waals surface area contributed by atoms with E-state index in [1.807, 2.05) is 6.07 Å². The Kier molecular flexibility index (Phi) is 7.43. The summed E-state index contributed by atoms with van der Waals surface area (Å²) in [5.41, 5.74) is 1.13. The highest BCUT2D eigenvalue weighted by Gasteiger charge is 2.40. The fourth-order valence-electron chi connectivity index (χ4n) is 5.15. The van der Waals surface area contributed by atoms with E-state index >= 15 is 0 Å². The number of benzene rings is 2. The van der Waals surface area contributed by atoms with Gasteiger partial charge in [-0.1, -0.05) is 11.6 Å². The van der Waals surface area contributed by atoms with E-state index in [1.165, 1.54) is 24.5 Å². The maximum absolute atomic E-state index is 14.3. The van der Waals surface area contributed by atoms with Crippen LogP contribution in [0.1, 0.15) is 25.7 Å². The third-order valence-electron chi connectivity index (χ3n) is 7.23. The lowest BCUT2D eigenvalue weighted by Crippen LogP contribution is -2.41. The second-order valence-electron chi connectivity index (χ2n) is 9.64. The van der Waals surface area contributed by atoms with Gasteiger partial charge in [-0.25, -0.2) is 14.4 Å². The van der Waals surface area contributed by atoms with E-state index in [0.29, 0.717) is 39.8 Å². The molecule has 2 aromatic carbocycles. The molecule has 0 saturated carbocycles. The maximum Gasteiger partial charge on any atom is 0.162 e. The summed E-state index contributed by atoms with van der Waals surface area (Å²) in [6, 6.07) is 7.93. The van der Waals surface area contributed by atoms with Gasteiger partial charge in [0.05, 0.1) is 24.9 Å². The Balaban J connectivity index is 1.23. The zero-order chi connectivity index (χ0) is 25.1. The standard InChI is InChI=1S/C26H31ClFN5O3/c1-35-22-13-20-18(25(31-16-30-20)32-21-11-17(27)3-4-19(21)28)12-23(22)36-10-2-7-33-8-5-26(6-9-33)14-24(34)29-15-26/h3-4,11-13,16,24,29,34H,2,5-10,14-15H2,1H3,(H,30,31,32). The van der Waals surface area contributed by atoms with Gasteiger partial charge in [0.1, 0.15) is 24.2 Å². The Bertz CT molecular complexity index is 1220. The molecule has 3 N–H and O–H groups in total. The first-order valence-electron chi connectivity index (χ1n) is 12.3. The summed E-state index contributed by atoms with van der Waals surface area (Å²) in [5, 5.41) is 17.1. The predicted molar refractivity (Wildman–Crippen MR) is 138 cm³/mol. The lowest BCUT2D eigenvalue weighted by atomic mass is 9.77. The first-order chi connectivity index (χ1) is 17.4. The van der Waals surface area contributed by atoms with Crippen LogP contribution >= 0.6 is 11.6 Å². The van der Waals surface area contributed by atoms with Crippen molar-refractivity contribution in [2.24, 2.45) is 5.41 Å². The maximum atomic E-state index is 14.3. The summed E-state index contributed by atoms with van der Waals surface area (Å²) in [4.78, 5) is 11.1. The zero-order valence-corrected chi connectivity index (χ0v) is 21.0. The van der Waals surface area contributed by atoms with Crippen LogP contribution in [0.5, 0.6) is 11.5 Å². The number of nitrogens with zero attached hydrogens (tertiary/aromatic N) is 3. The van der Waals surface area contributed by atoms with E-state index < -0.39 is 5.82 Å². The smallest absolute Gasteiger partial charge is 0.162 e. The van der Waals surface area contributed by atoms with Crippen molar-refractivity contribution in [1.82, 2.24) is 20.2 Å². The van der Waals surface area contributed by atoms with Crippen molar-refractivity contribution in [3.05, 3.63) is 47.5 Å². The highest BCUT2D eigenvalue weighted by Crippen LogP contribution is 2.39. The number of nitrogens with one attached hydrogen (secondary N) is 2. The number of aromatic nitrogens is 2. The minimum atomic E-state index is -0.430.